The van der Waals surface area contributed by atoms with Crippen molar-refractivity contribution in [3.05, 3.63) is 47.0 Å². The molecule has 1 heterocycles. The van der Waals surface area contributed by atoms with Gasteiger partial charge in [-0.05, 0) is 17.7 Å². The van der Waals surface area contributed by atoms with E-state index in [0.717, 1.165) is 12.0 Å². The maximum absolute atomic E-state index is 12.1. The molecule has 2 N–H and O–H groups in total. The molecule has 0 unspecified atom stereocenters. The number of carbonyl (C=O) groups excluding carboxylic acids is 1. The van der Waals surface area contributed by atoms with Gasteiger partial charge in [0.15, 0.2) is 11.5 Å². The Morgan fingerprint density at radius 3 is 2.54 bits per heavy atom. The summed E-state index contributed by atoms with van der Waals surface area (Å²) in [6, 6.07) is 12.7. The van der Waals surface area contributed by atoms with Gasteiger partial charge in [0.25, 0.3) is 0 Å². The van der Waals surface area contributed by atoms with E-state index in [2.05, 4.69) is 16.7 Å². The van der Waals surface area contributed by atoms with Gasteiger partial charge in [-0.25, -0.2) is 0 Å². The van der Waals surface area contributed by atoms with Crippen LogP contribution < -0.4 is 20.1 Å². The van der Waals surface area contributed by atoms with Crippen molar-refractivity contribution >= 4 is 28.9 Å². The summed E-state index contributed by atoms with van der Waals surface area (Å²) in [7, 11) is 0. The van der Waals surface area contributed by atoms with Crippen LogP contribution in [0.1, 0.15) is 12.0 Å². The third-order valence-electron chi connectivity index (χ3n) is 3.80. The molecule has 0 atom stereocenters. The quantitative estimate of drug-likeness (QED) is 0.838. The van der Waals surface area contributed by atoms with Gasteiger partial charge >= 0.3 is 0 Å². The number of nitrogens with zero attached hydrogens (tertiary/aromatic N) is 1. The minimum atomic E-state index is -0.207. The Kier molecular flexibility index (Phi) is 5.82. The van der Waals surface area contributed by atoms with Crippen LogP contribution in [0, 0.1) is 11.3 Å². The second kappa shape index (κ2) is 8.45. The molecule has 2 aromatic rings. The van der Waals surface area contributed by atoms with Gasteiger partial charge in [0.2, 0.25) is 5.91 Å². The summed E-state index contributed by atoms with van der Waals surface area (Å²) in [5, 5.41) is 14.9. The number of anilines is 2. The summed E-state index contributed by atoms with van der Waals surface area (Å²) in [5.41, 5.74) is 2.18. The Morgan fingerprint density at radius 1 is 1.15 bits per heavy atom. The van der Waals surface area contributed by atoms with E-state index in [1.54, 1.807) is 24.3 Å². The SMILES string of the molecule is N#CCc1ccc(NC(=O)CNc2cc3c(cc2Cl)OCCCO3)cc1. The van der Waals surface area contributed by atoms with Crippen LogP contribution in [0.15, 0.2) is 36.4 Å². The number of rotatable bonds is 5. The summed E-state index contributed by atoms with van der Waals surface area (Å²) in [4.78, 5) is 12.1. The second-order valence-corrected chi connectivity index (χ2v) is 6.17. The molecule has 6 nitrogen and oxygen atoms in total. The Bertz CT molecular complexity index is 831. The number of benzene rings is 2. The predicted molar refractivity (Wildman–Crippen MR) is 99.9 cm³/mol. The highest BCUT2D eigenvalue weighted by Gasteiger charge is 2.14. The fourth-order valence-electron chi connectivity index (χ4n) is 2.50. The molecule has 26 heavy (non-hydrogen) atoms. The first-order valence-corrected chi connectivity index (χ1v) is 8.62. The molecular formula is C19H18ClN3O3. The van der Waals surface area contributed by atoms with Gasteiger partial charge in [-0.1, -0.05) is 23.7 Å². The lowest BCUT2D eigenvalue weighted by Crippen LogP contribution is -2.21. The van der Waals surface area contributed by atoms with Crippen LogP contribution >= 0.6 is 11.6 Å². The van der Waals surface area contributed by atoms with Crippen molar-refractivity contribution in [1.82, 2.24) is 0 Å². The third kappa shape index (κ3) is 4.58. The first-order valence-electron chi connectivity index (χ1n) is 8.24. The summed E-state index contributed by atoms with van der Waals surface area (Å²) in [6.07, 6.45) is 1.16. The van der Waals surface area contributed by atoms with Crippen LogP contribution in [0.5, 0.6) is 11.5 Å². The van der Waals surface area contributed by atoms with E-state index in [9.17, 15) is 4.79 Å². The lowest BCUT2D eigenvalue weighted by Gasteiger charge is -2.13. The average molecular weight is 372 g/mol. The van der Waals surface area contributed by atoms with Crippen LogP contribution in [0.4, 0.5) is 11.4 Å². The van der Waals surface area contributed by atoms with Crippen LogP contribution in [-0.2, 0) is 11.2 Å². The van der Waals surface area contributed by atoms with E-state index in [1.807, 2.05) is 12.1 Å². The number of fused-ring (bicyclic) bond motifs is 1. The fourth-order valence-corrected chi connectivity index (χ4v) is 2.72. The molecule has 0 fully saturated rings. The van der Waals surface area contributed by atoms with E-state index in [0.29, 0.717) is 47.5 Å². The summed E-state index contributed by atoms with van der Waals surface area (Å²) >= 11 is 6.25. The number of amides is 1. The zero-order valence-electron chi connectivity index (χ0n) is 14.0. The number of hydrogen-bond donors (Lipinski definition) is 2. The van der Waals surface area contributed by atoms with Gasteiger partial charge in [-0.15, -0.1) is 0 Å². The molecular weight excluding hydrogens is 354 g/mol. The standard InChI is InChI=1S/C19H18ClN3O3/c20-15-10-17-18(26-9-1-8-25-17)11-16(15)22-12-19(24)23-14-4-2-13(3-5-14)6-7-21/h2-5,10-11,22H,1,6,8-9,12H2,(H,23,24). The van der Waals surface area contributed by atoms with Crippen molar-refractivity contribution in [2.24, 2.45) is 0 Å². The summed E-state index contributed by atoms with van der Waals surface area (Å²) in [6.45, 7) is 1.22. The van der Waals surface area contributed by atoms with Crippen molar-refractivity contribution in [3.63, 3.8) is 0 Å². The monoisotopic (exact) mass is 371 g/mol. The molecule has 3 rings (SSSR count). The number of nitriles is 1. The van der Waals surface area contributed by atoms with Crippen molar-refractivity contribution < 1.29 is 14.3 Å². The zero-order valence-corrected chi connectivity index (χ0v) is 14.8. The third-order valence-corrected chi connectivity index (χ3v) is 4.11. The highest BCUT2D eigenvalue weighted by Crippen LogP contribution is 2.37. The highest BCUT2D eigenvalue weighted by atomic mass is 35.5. The molecule has 0 radical (unpaired) electrons. The van der Waals surface area contributed by atoms with E-state index in [1.165, 1.54) is 0 Å². The lowest BCUT2D eigenvalue weighted by molar-refractivity contribution is -0.114. The zero-order chi connectivity index (χ0) is 18.4. The Morgan fingerprint density at radius 2 is 1.85 bits per heavy atom. The topological polar surface area (TPSA) is 83.4 Å². The maximum Gasteiger partial charge on any atom is 0.243 e. The van der Waals surface area contributed by atoms with Gasteiger partial charge in [0.05, 0.1) is 43.0 Å². The van der Waals surface area contributed by atoms with Crippen molar-refractivity contribution in [3.8, 4) is 17.6 Å². The van der Waals surface area contributed by atoms with Crippen molar-refractivity contribution in [2.75, 3.05) is 30.4 Å². The molecule has 0 aliphatic carbocycles. The molecule has 0 saturated heterocycles. The first kappa shape index (κ1) is 17.9. The summed E-state index contributed by atoms with van der Waals surface area (Å²) in [5.74, 6) is 1.02. The van der Waals surface area contributed by atoms with Crippen LogP contribution in [0.2, 0.25) is 5.02 Å². The largest absolute Gasteiger partial charge is 0.490 e. The smallest absolute Gasteiger partial charge is 0.243 e. The maximum atomic E-state index is 12.1. The predicted octanol–water partition coefficient (Wildman–Crippen LogP) is 3.62. The van der Waals surface area contributed by atoms with Crippen molar-refractivity contribution in [2.45, 2.75) is 12.8 Å². The summed E-state index contributed by atoms with van der Waals surface area (Å²) < 4.78 is 11.2. The average Bonchev–Trinajstić information content (AvgIpc) is 2.86. The molecule has 2 aromatic carbocycles. The Balaban J connectivity index is 1.59. The molecule has 1 amide bonds. The van der Waals surface area contributed by atoms with Gasteiger partial charge in [-0.3, -0.25) is 4.79 Å². The van der Waals surface area contributed by atoms with E-state index < -0.39 is 0 Å². The molecule has 0 spiro atoms. The van der Waals surface area contributed by atoms with Gasteiger partial charge in [0, 0.05) is 24.2 Å². The van der Waals surface area contributed by atoms with Crippen LogP contribution in [0.3, 0.4) is 0 Å². The normalized spacial score (nSPS) is 12.6. The van der Waals surface area contributed by atoms with E-state index in [4.69, 9.17) is 26.3 Å². The first-order chi connectivity index (χ1) is 12.7. The highest BCUT2D eigenvalue weighted by molar-refractivity contribution is 6.33. The molecule has 7 heteroatoms. The number of halogens is 1. The second-order valence-electron chi connectivity index (χ2n) is 5.76. The molecule has 0 saturated carbocycles. The molecule has 1 aliphatic rings. The minimum absolute atomic E-state index is 0.0549. The minimum Gasteiger partial charge on any atom is -0.490 e. The van der Waals surface area contributed by atoms with Crippen molar-refractivity contribution in [1.29, 1.82) is 5.26 Å². The van der Waals surface area contributed by atoms with Crippen LogP contribution in [0.25, 0.3) is 0 Å². The molecule has 0 aromatic heterocycles. The molecule has 134 valence electrons. The lowest BCUT2D eigenvalue weighted by atomic mass is 10.1. The Labute approximate surface area is 156 Å². The number of ether oxygens (including phenoxy) is 2. The van der Waals surface area contributed by atoms with E-state index in [-0.39, 0.29) is 12.5 Å². The Hall–Kier alpha value is -2.91. The number of nitrogens with one attached hydrogen (secondary N) is 2. The number of hydrogen-bond acceptors (Lipinski definition) is 5. The number of carbonyl (C=O) groups is 1. The van der Waals surface area contributed by atoms with Gasteiger partial charge in [-0.2, -0.15) is 5.26 Å². The van der Waals surface area contributed by atoms with Crippen LogP contribution in [-0.4, -0.2) is 25.7 Å². The molecule has 1 aliphatic heterocycles. The van der Waals surface area contributed by atoms with Gasteiger partial charge < -0.3 is 20.1 Å². The van der Waals surface area contributed by atoms with E-state index >= 15 is 0 Å². The molecule has 0 bridgehead atoms. The fraction of sp³-hybridized carbons (Fsp3) is 0.263. The van der Waals surface area contributed by atoms with Gasteiger partial charge in [0.1, 0.15) is 0 Å².